The summed E-state index contributed by atoms with van der Waals surface area (Å²) in [6, 6.07) is 4.24. The van der Waals surface area contributed by atoms with Gasteiger partial charge in [0, 0.05) is 6.42 Å². The number of halogens is 2. The second kappa shape index (κ2) is 9.82. The Morgan fingerprint density at radius 3 is 2.48 bits per heavy atom. The van der Waals surface area contributed by atoms with Gasteiger partial charge in [0.1, 0.15) is 17.6 Å². The molecule has 1 atom stereocenters. The lowest BCUT2D eigenvalue weighted by atomic mass is 10.2. The number of carboxylic acids is 1. The summed E-state index contributed by atoms with van der Waals surface area (Å²) in [5.74, 6) is -1.14. The van der Waals surface area contributed by atoms with E-state index in [1.807, 2.05) is 0 Å². The molecule has 0 saturated carbocycles. The monoisotopic (exact) mass is 321 g/mol. The van der Waals surface area contributed by atoms with Gasteiger partial charge in [-0.2, -0.15) is 0 Å². The topological polar surface area (TPSA) is 84.9 Å². The first-order valence-electron chi connectivity index (χ1n) is 6.07. The predicted molar refractivity (Wildman–Crippen MR) is 75.3 cm³/mol. The molecule has 0 aliphatic carbocycles. The van der Waals surface area contributed by atoms with Crippen LogP contribution in [0.2, 0.25) is 0 Å². The van der Waals surface area contributed by atoms with Crippen LogP contribution in [0, 0.1) is 5.82 Å². The lowest BCUT2D eigenvalue weighted by Gasteiger charge is -2.14. The molecule has 1 amide bonds. The van der Waals surface area contributed by atoms with Crippen LogP contribution in [-0.2, 0) is 9.53 Å². The number of amides is 1. The highest BCUT2D eigenvalue weighted by molar-refractivity contribution is 5.85. The van der Waals surface area contributed by atoms with Crippen molar-refractivity contribution in [3.8, 4) is 5.75 Å². The van der Waals surface area contributed by atoms with Gasteiger partial charge in [0.05, 0.1) is 13.2 Å². The minimum absolute atomic E-state index is 0. The van der Waals surface area contributed by atoms with Crippen molar-refractivity contribution >= 4 is 24.5 Å². The third-order valence-electron chi connectivity index (χ3n) is 2.35. The number of ether oxygens (including phenoxy) is 2. The number of rotatable bonds is 7. The van der Waals surface area contributed by atoms with E-state index in [2.05, 4.69) is 10.1 Å². The molecule has 0 aliphatic heterocycles. The summed E-state index contributed by atoms with van der Waals surface area (Å²) < 4.78 is 22.5. The highest BCUT2D eigenvalue weighted by Gasteiger charge is 2.20. The standard InChI is InChI=1S/C13H16FNO5.ClH/c1-2-19-13(18)15-11(12(16)17)7-8-20-10-5-3-9(14)4-6-10;/h3-6,11H,2,7-8H2,1H3,(H,15,18)(H,16,17);1H/t11-;/m0./s1. The summed E-state index contributed by atoms with van der Waals surface area (Å²) in [4.78, 5) is 22.1. The number of hydrogen-bond acceptors (Lipinski definition) is 4. The molecule has 0 aliphatic rings. The van der Waals surface area contributed by atoms with Crippen molar-refractivity contribution < 1.29 is 28.6 Å². The Balaban J connectivity index is 0.00000400. The van der Waals surface area contributed by atoms with Crippen LogP contribution in [0.1, 0.15) is 13.3 Å². The van der Waals surface area contributed by atoms with Crippen LogP contribution in [0.5, 0.6) is 5.75 Å². The third kappa shape index (κ3) is 7.36. The van der Waals surface area contributed by atoms with Crippen molar-refractivity contribution in [2.75, 3.05) is 13.2 Å². The number of benzene rings is 1. The molecule has 1 aromatic rings. The number of hydrogen-bond donors (Lipinski definition) is 2. The first-order chi connectivity index (χ1) is 9.52. The van der Waals surface area contributed by atoms with Gasteiger partial charge in [-0.15, -0.1) is 12.4 Å². The fourth-order valence-corrected chi connectivity index (χ4v) is 1.40. The molecular weight excluding hydrogens is 305 g/mol. The Morgan fingerprint density at radius 1 is 1.33 bits per heavy atom. The summed E-state index contributed by atoms with van der Waals surface area (Å²) in [6.07, 6.45) is -0.729. The molecule has 0 aromatic heterocycles. The molecule has 6 nitrogen and oxygen atoms in total. The fraction of sp³-hybridized carbons (Fsp3) is 0.385. The average molecular weight is 322 g/mol. The van der Waals surface area contributed by atoms with Gasteiger partial charge in [-0.3, -0.25) is 0 Å². The third-order valence-corrected chi connectivity index (χ3v) is 2.35. The van der Waals surface area contributed by atoms with E-state index in [0.717, 1.165) is 0 Å². The molecule has 0 saturated heterocycles. The van der Waals surface area contributed by atoms with Crippen molar-refractivity contribution in [3.05, 3.63) is 30.1 Å². The highest BCUT2D eigenvalue weighted by atomic mass is 35.5. The minimum atomic E-state index is -1.18. The maximum absolute atomic E-state index is 12.7. The Hall–Kier alpha value is -2.02. The van der Waals surface area contributed by atoms with E-state index < -0.39 is 18.1 Å². The molecule has 1 aromatic carbocycles. The molecule has 8 heteroatoms. The van der Waals surface area contributed by atoms with Crippen LogP contribution >= 0.6 is 12.4 Å². The molecule has 21 heavy (non-hydrogen) atoms. The zero-order chi connectivity index (χ0) is 15.0. The van der Waals surface area contributed by atoms with E-state index in [1.54, 1.807) is 6.92 Å². The summed E-state index contributed by atoms with van der Waals surface area (Å²) >= 11 is 0. The van der Waals surface area contributed by atoms with Gasteiger partial charge in [-0.05, 0) is 31.2 Å². The maximum Gasteiger partial charge on any atom is 0.407 e. The first-order valence-corrected chi connectivity index (χ1v) is 6.07. The predicted octanol–water partition coefficient (Wildman–Crippen LogP) is 2.22. The van der Waals surface area contributed by atoms with Gasteiger partial charge < -0.3 is 19.9 Å². The van der Waals surface area contributed by atoms with Crippen LogP contribution in [0.25, 0.3) is 0 Å². The molecule has 0 radical (unpaired) electrons. The molecule has 0 spiro atoms. The van der Waals surface area contributed by atoms with Crippen molar-refractivity contribution in [1.82, 2.24) is 5.32 Å². The van der Waals surface area contributed by atoms with Crippen LogP contribution in [0.4, 0.5) is 9.18 Å². The molecule has 2 N–H and O–H groups in total. The molecule has 118 valence electrons. The second-order valence-corrected chi connectivity index (χ2v) is 3.85. The molecule has 1 rings (SSSR count). The quantitative estimate of drug-likeness (QED) is 0.804. The van der Waals surface area contributed by atoms with Crippen molar-refractivity contribution in [2.45, 2.75) is 19.4 Å². The SMILES string of the molecule is CCOC(=O)N[C@@H](CCOc1ccc(F)cc1)C(=O)O.Cl. The summed E-state index contributed by atoms with van der Waals surface area (Å²) in [7, 11) is 0. The number of carbonyl (C=O) groups excluding carboxylic acids is 1. The van der Waals surface area contributed by atoms with Crippen molar-refractivity contribution in [1.29, 1.82) is 0 Å². The molecular formula is C13H17ClFNO5. The van der Waals surface area contributed by atoms with E-state index in [1.165, 1.54) is 24.3 Å². The van der Waals surface area contributed by atoms with E-state index in [0.29, 0.717) is 5.75 Å². The average Bonchev–Trinajstić information content (AvgIpc) is 2.40. The highest BCUT2D eigenvalue weighted by Crippen LogP contribution is 2.11. The largest absolute Gasteiger partial charge is 0.493 e. The number of carboxylic acid groups (broad SMARTS) is 1. The molecule has 0 fully saturated rings. The van der Waals surface area contributed by atoms with Gasteiger partial charge in [-0.25, -0.2) is 14.0 Å². The van der Waals surface area contributed by atoms with Crippen LogP contribution in [0.15, 0.2) is 24.3 Å². The van der Waals surface area contributed by atoms with Crippen LogP contribution in [-0.4, -0.2) is 36.4 Å². The van der Waals surface area contributed by atoms with Gasteiger partial charge in [-0.1, -0.05) is 0 Å². The van der Waals surface area contributed by atoms with Crippen LogP contribution < -0.4 is 10.1 Å². The molecule has 0 heterocycles. The van der Waals surface area contributed by atoms with E-state index in [4.69, 9.17) is 9.84 Å². The summed E-state index contributed by atoms with van der Waals surface area (Å²) in [5, 5.41) is 11.2. The summed E-state index contributed by atoms with van der Waals surface area (Å²) in [5.41, 5.74) is 0. The van der Waals surface area contributed by atoms with Crippen molar-refractivity contribution in [3.63, 3.8) is 0 Å². The lowest BCUT2D eigenvalue weighted by Crippen LogP contribution is -2.42. The van der Waals surface area contributed by atoms with E-state index in [9.17, 15) is 14.0 Å². The lowest BCUT2D eigenvalue weighted by molar-refractivity contribution is -0.139. The van der Waals surface area contributed by atoms with Gasteiger partial charge in [0.15, 0.2) is 0 Å². The number of aliphatic carboxylic acids is 1. The molecule has 0 bridgehead atoms. The Kier molecular flexibility index (Phi) is 8.87. The van der Waals surface area contributed by atoms with E-state index in [-0.39, 0.29) is 37.9 Å². The van der Waals surface area contributed by atoms with Crippen molar-refractivity contribution in [2.24, 2.45) is 0 Å². The Morgan fingerprint density at radius 2 is 1.95 bits per heavy atom. The zero-order valence-corrected chi connectivity index (χ0v) is 12.2. The minimum Gasteiger partial charge on any atom is -0.493 e. The maximum atomic E-state index is 12.7. The fourth-order valence-electron chi connectivity index (χ4n) is 1.40. The zero-order valence-electron chi connectivity index (χ0n) is 11.4. The Bertz CT molecular complexity index is 454. The number of carbonyl (C=O) groups is 2. The Labute approximate surface area is 127 Å². The van der Waals surface area contributed by atoms with Crippen LogP contribution in [0.3, 0.4) is 0 Å². The number of nitrogens with one attached hydrogen (secondary N) is 1. The van der Waals surface area contributed by atoms with Gasteiger partial charge >= 0.3 is 12.1 Å². The molecule has 0 unspecified atom stereocenters. The smallest absolute Gasteiger partial charge is 0.407 e. The van der Waals surface area contributed by atoms with Gasteiger partial charge in [0.2, 0.25) is 0 Å². The number of alkyl carbamates (subject to hydrolysis) is 1. The van der Waals surface area contributed by atoms with Gasteiger partial charge in [0.25, 0.3) is 0 Å². The first kappa shape index (κ1) is 19.0. The van der Waals surface area contributed by atoms with E-state index >= 15 is 0 Å². The summed E-state index contributed by atoms with van der Waals surface area (Å²) in [6.45, 7) is 1.84. The second-order valence-electron chi connectivity index (χ2n) is 3.85. The normalized spacial score (nSPS) is 11.0.